The Labute approximate surface area is 161 Å². The molecule has 0 aliphatic rings. The van der Waals surface area contributed by atoms with Crippen LogP contribution in [0.25, 0.3) is 0 Å². The fourth-order valence-corrected chi connectivity index (χ4v) is 3.18. The van der Waals surface area contributed by atoms with E-state index in [1.54, 1.807) is 0 Å². The lowest BCUT2D eigenvalue weighted by molar-refractivity contribution is 0.206. The number of carbonyl (C=O) groups is 1. The van der Waals surface area contributed by atoms with Crippen molar-refractivity contribution in [1.29, 1.82) is 0 Å². The molecule has 3 nitrogen and oxygen atoms in total. The van der Waals surface area contributed by atoms with Gasteiger partial charge < -0.3 is 10.2 Å². The van der Waals surface area contributed by atoms with E-state index in [4.69, 9.17) is 0 Å². The standard InChI is InChI=1S/C24H26N2O/c1-18-8-7-11-22(15-18)17-26(16-21-9-5-4-6-10-21)24(27)25-23-13-12-19(2)14-20(23)3/h4-15H,16-17H2,1-3H3,(H,25,27). The van der Waals surface area contributed by atoms with Crippen LogP contribution in [0.2, 0.25) is 0 Å². The van der Waals surface area contributed by atoms with Crippen LogP contribution in [-0.2, 0) is 13.1 Å². The van der Waals surface area contributed by atoms with E-state index >= 15 is 0 Å². The molecule has 0 unspecified atom stereocenters. The Morgan fingerprint density at radius 1 is 0.778 bits per heavy atom. The van der Waals surface area contributed by atoms with Gasteiger partial charge in [-0.2, -0.15) is 0 Å². The highest BCUT2D eigenvalue weighted by Gasteiger charge is 2.16. The van der Waals surface area contributed by atoms with Gasteiger partial charge in [-0.05, 0) is 43.5 Å². The molecule has 2 amide bonds. The minimum Gasteiger partial charge on any atom is -0.316 e. The second-order valence-electron chi connectivity index (χ2n) is 7.08. The predicted octanol–water partition coefficient (Wildman–Crippen LogP) is 5.85. The van der Waals surface area contributed by atoms with Crippen LogP contribution in [0.15, 0.2) is 72.8 Å². The second kappa shape index (κ2) is 8.54. The summed E-state index contributed by atoms with van der Waals surface area (Å²) in [4.78, 5) is 14.9. The molecule has 3 heteroatoms. The van der Waals surface area contributed by atoms with Crippen LogP contribution in [0.1, 0.15) is 27.8 Å². The molecule has 0 bridgehead atoms. The highest BCUT2D eigenvalue weighted by molar-refractivity contribution is 5.90. The van der Waals surface area contributed by atoms with Gasteiger partial charge in [-0.15, -0.1) is 0 Å². The number of nitrogens with zero attached hydrogens (tertiary/aromatic N) is 1. The minimum atomic E-state index is -0.0905. The Morgan fingerprint density at radius 3 is 2.15 bits per heavy atom. The molecule has 0 aliphatic carbocycles. The second-order valence-corrected chi connectivity index (χ2v) is 7.08. The van der Waals surface area contributed by atoms with Crippen LogP contribution in [0.4, 0.5) is 10.5 Å². The van der Waals surface area contributed by atoms with E-state index in [2.05, 4.69) is 43.4 Å². The Hall–Kier alpha value is -3.07. The first-order valence-electron chi connectivity index (χ1n) is 9.24. The lowest BCUT2D eigenvalue weighted by atomic mass is 10.1. The number of nitrogens with one attached hydrogen (secondary N) is 1. The molecular formula is C24H26N2O. The summed E-state index contributed by atoms with van der Waals surface area (Å²) in [7, 11) is 0. The van der Waals surface area contributed by atoms with Crippen LogP contribution in [0.5, 0.6) is 0 Å². The third-order valence-corrected chi connectivity index (χ3v) is 4.58. The molecule has 0 radical (unpaired) electrons. The van der Waals surface area contributed by atoms with Gasteiger partial charge in [0.05, 0.1) is 0 Å². The number of anilines is 1. The summed E-state index contributed by atoms with van der Waals surface area (Å²) >= 11 is 0. The molecule has 1 N–H and O–H groups in total. The largest absolute Gasteiger partial charge is 0.322 e. The maximum absolute atomic E-state index is 13.1. The fourth-order valence-electron chi connectivity index (χ4n) is 3.18. The number of hydrogen-bond acceptors (Lipinski definition) is 1. The molecular weight excluding hydrogens is 332 g/mol. The summed E-state index contributed by atoms with van der Waals surface area (Å²) in [6.45, 7) is 7.27. The predicted molar refractivity (Wildman–Crippen MR) is 112 cm³/mol. The van der Waals surface area contributed by atoms with Gasteiger partial charge in [0, 0.05) is 18.8 Å². The number of urea groups is 1. The number of benzene rings is 3. The van der Waals surface area contributed by atoms with E-state index in [-0.39, 0.29) is 6.03 Å². The summed E-state index contributed by atoms with van der Waals surface area (Å²) in [5, 5.41) is 3.08. The molecule has 0 saturated heterocycles. The van der Waals surface area contributed by atoms with Crippen molar-refractivity contribution in [2.45, 2.75) is 33.9 Å². The van der Waals surface area contributed by atoms with Gasteiger partial charge in [0.25, 0.3) is 0 Å². The lowest BCUT2D eigenvalue weighted by Crippen LogP contribution is -2.34. The molecule has 138 valence electrons. The molecule has 0 fully saturated rings. The molecule has 0 atom stereocenters. The normalized spacial score (nSPS) is 10.5. The smallest absolute Gasteiger partial charge is 0.316 e. The quantitative estimate of drug-likeness (QED) is 0.610. The minimum absolute atomic E-state index is 0.0905. The van der Waals surface area contributed by atoms with Crippen molar-refractivity contribution in [1.82, 2.24) is 4.90 Å². The third-order valence-electron chi connectivity index (χ3n) is 4.58. The van der Waals surface area contributed by atoms with Crippen molar-refractivity contribution < 1.29 is 4.79 Å². The fraction of sp³-hybridized carbons (Fsp3) is 0.208. The van der Waals surface area contributed by atoms with Crippen LogP contribution in [-0.4, -0.2) is 10.9 Å². The molecule has 3 rings (SSSR count). The number of rotatable bonds is 5. The summed E-state index contributed by atoms with van der Waals surface area (Å²) in [6.07, 6.45) is 0. The van der Waals surface area contributed by atoms with Crippen LogP contribution in [0, 0.1) is 20.8 Å². The van der Waals surface area contributed by atoms with Gasteiger partial charge in [-0.3, -0.25) is 0 Å². The zero-order valence-corrected chi connectivity index (χ0v) is 16.2. The van der Waals surface area contributed by atoms with Crippen molar-refractivity contribution in [3.05, 3.63) is 101 Å². The molecule has 0 aliphatic heterocycles. The molecule has 0 aromatic heterocycles. The SMILES string of the molecule is Cc1cccc(CN(Cc2ccccc2)C(=O)Nc2ccc(C)cc2C)c1. The Morgan fingerprint density at radius 2 is 1.44 bits per heavy atom. The van der Waals surface area contributed by atoms with Crippen LogP contribution in [0.3, 0.4) is 0 Å². The van der Waals surface area contributed by atoms with Crippen molar-refractivity contribution in [3.8, 4) is 0 Å². The lowest BCUT2D eigenvalue weighted by Gasteiger charge is -2.24. The van der Waals surface area contributed by atoms with Gasteiger partial charge >= 0.3 is 6.03 Å². The van der Waals surface area contributed by atoms with E-state index in [0.717, 1.165) is 22.4 Å². The van der Waals surface area contributed by atoms with Crippen molar-refractivity contribution >= 4 is 11.7 Å². The van der Waals surface area contributed by atoms with Gasteiger partial charge in [-0.1, -0.05) is 77.9 Å². The Balaban J connectivity index is 1.82. The first-order valence-corrected chi connectivity index (χ1v) is 9.24. The molecule has 3 aromatic carbocycles. The topological polar surface area (TPSA) is 32.3 Å². The van der Waals surface area contributed by atoms with E-state index in [0.29, 0.717) is 13.1 Å². The van der Waals surface area contributed by atoms with E-state index in [1.165, 1.54) is 11.1 Å². The average molecular weight is 358 g/mol. The summed E-state index contributed by atoms with van der Waals surface area (Å²) in [5.74, 6) is 0. The number of carbonyl (C=O) groups excluding carboxylic acids is 1. The maximum atomic E-state index is 13.1. The summed E-state index contributed by atoms with van der Waals surface area (Å²) in [6, 6.07) is 24.4. The number of hydrogen-bond donors (Lipinski definition) is 1. The average Bonchev–Trinajstić information content (AvgIpc) is 2.64. The van der Waals surface area contributed by atoms with Crippen LogP contribution >= 0.6 is 0 Å². The van der Waals surface area contributed by atoms with Crippen molar-refractivity contribution in [2.24, 2.45) is 0 Å². The first kappa shape index (κ1) is 18.7. The van der Waals surface area contributed by atoms with Gasteiger partial charge in [0.1, 0.15) is 0 Å². The van der Waals surface area contributed by atoms with E-state index in [1.807, 2.05) is 60.4 Å². The molecule has 0 saturated carbocycles. The summed E-state index contributed by atoms with van der Waals surface area (Å²) in [5.41, 5.74) is 6.54. The number of amides is 2. The zero-order chi connectivity index (χ0) is 19.2. The Kier molecular flexibility index (Phi) is 5.92. The van der Waals surface area contributed by atoms with E-state index in [9.17, 15) is 4.79 Å². The van der Waals surface area contributed by atoms with Gasteiger partial charge in [0.2, 0.25) is 0 Å². The monoisotopic (exact) mass is 358 g/mol. The van der Waals surface area contributed by atoms with Crippen molar-refractivity contribution in [2.75, 3.05) is 5.32 Å². The zero-order valence-electron chi connectivity index (χ0n) is 16.2. The molecule has 3 aromatic rings. The molecule has 27 heavy (non-hydrogen) atoms. The van der Waals surface area contributed by atoms with Crippen molar-refractivity contribution in [3.63, 3.8) is 0 Å². The highest BCUT2D eigenvalue weighted by atomic mass is 16.2. The number of aryl methyl sites for hydroxylation is 3. The van der Waals surface area contributed by atoms with Crippen LogP contribution < -0.4 is 5.32 Å². The third kappa shape index (κ3) is 5.20. The first-order chi connectivity index (χ1) is 13.0. The van der Waals surface area contributed by atoms with Gasteiger partial charge in [0.15, 0.2) is 0 Å². The molecule has 0 spiro atoms. The van der Waals surface area contributed by atoms with E-state index < -0.39 is 0 Å². The summed E-state index contributed by atoms with van der Waals surface area (Å²) < 4.78 is 0. The molecule has 0 heterocycles. The Bertz CT molecular complexity index is 919. The highest BCUT2D eigenvalue weighted by Crippen LogP contribution is 2.18. The van der Waals surface area contributed by atoms with Gasteiger partial charge in [-0.25, -0.2) is 4.79 Å². The maximum Gasteiger partial charge on any atom is 0.322 e.